The number of carboxylic acid groups (broad SMARTS) is 1. The summed E-state index contributed by atoms with van der Waals surface area (Å²) in [5, 5.41) is 15.6. The molecule has 3 rings (SSSR count). The quantitative estimate of drug-likeness (QED) is 0.0853. The van der Waals surface area contributed by atoms with E-state index in [2.05, 4.69) is 10.6 Å². The molecule has 2 unspecified atom stereocenters. The maximum absolute atomic E-state index is 14.6. The number of imide groups is 1. The number of carbonyl (C=O) groups is 8. The summed E-state index contributed by atoms with van der Waals surface area (Å²) in [6.45, 7) is 13.6. The third kappa shape index (κ3) is 14.7. The molecule has 1 aromatic carbocycles. The molecule has 0 radical (unpaired) electrons. The van der Waals surface area contributed by atoms with Gasteiger partial charge in [-0.1, -0.05) is 91.6 Å². The van der Waals surface area contributed by atoms with Gasteiger partial charge in [0.2, 0.25) is 29.5 Å². The normalized spacial score (nSPS) is 18.7. The van der Waals surface area contributed by atoms with E-state index in [-0.39, 0.29) is 73.1 Å². The highest BCUT2D eigenvalue weighted by molar-refractivity contribution is 6.12. The molecule has 66 heavy (non-hydrogen) atoms. The predicted octanol–water partition coefficient (Wildman–Crippen LogP) is 3.83. The van der Waals surface area contributed by atoms with E-state index < -0.39 is 66.1 Å². The van der Waals surface area contributed by atoms with Crippen LogP contribution >= 0.6 is 0 Å². The SMILES string of the molecule is CC[C@H](C)[C@@H]([C@@H](CC(=O)N1CCC[C@H]1[C@H](OC)[C@@H](C)C(=O)N[C@@H](Cc1ccccc1)C(=O)O)OC)N(C)C(=O)C(NC(=O)C(C(C)C)N(C)C(=O)CCCCCN1C(=O)C=CC1=O)C(C)C. The number of rotatable bonds is 27. The van der Waals surface area contributed by atoms with Gasteiger partial charge in [-0.15, -0.1) is 0 Å². The number of aliphatic carboxylic acids is 1. The van der Waals surface area contributed by atoms with Crippen LogP contribution in [0.1, 0.15) is 105 Å². The first-order valence-electron chi connectivity index (χ1n) is 23.5. The minimum absolute atomic E-state index is 0.0818. The van der Waals surface area contributed by atoms with Gasteiger partial charge in [0.05, 0.1) is 36.6 Å². The molecule has 1 saturated heterocycles. The van der Waals surface area contributed by atoms with Gasteiger partial charge in [-0.2, -0.15) is 0 Å². The third-order valence-electron chi connectivity index (χ3n) is 13.3. The molecule has 0 spiro atoms. The topological polar surface area (TPSA) is 212 Å². The molecule has 1 aromatic rings. The number of nitrogens with one attached hydrogen (secondary N) is 2. The second-order valence-electron chi connectivity index (χ2n) is 18.6. The van der Waals surface area contributed by atoms with Crippen LogP contribution in [0.3, 0.4) is 0 Å². The molecule has 1 fully saturated rings. The van der Waals surface area contributed by atoms with Crippen LogP contribution in [0.4, 0.5) is 0 Å². The third-order valence-corrected chi connectivity index (χ3v) is 13.3. The Morgan fingerprint density at radius 1 is 0.833 bits per heavy atom. The Labute approximate surface area is 391 Å². The summed E-state index contributed by atoms with van der Waals surface area (Å²) < 4.78 is 11.9. The van der Waals surface area contributed by atoms with Crippen molar-refractivity contribution < 1.29 is 52.9 Å². The molecule has 7 amide bonds. The number of amides is 7. The van der Waals surface area contributed by atoms with Crippen LogP contribution < -0.4 is 10.6 Å². The number of ether oxygens (including phenoxy) is 2. The Balaban J connectivity index is 1.71. The summed E-state index contributed by atoms with van der Waals surface area (Å²) in [6.07, 6.45) is 4.72. The second kappa shape index (κ2) is 26.2. The van der Waals surface area contributed by atoms with E-state index in [0.29, 0.717) is 45.1 Å². The number of carboxylic acids is 1. The number of benzene rings is 1. The van der Waals surface area contributed by atoms with Crippen molar-refractivity contribution >= 4 is 47.3 Å². The number of carbonyl (C=O) groups excluding carboxylic acids is 7. The highest BCUT2D eigenvalue weighted by Crippen LogP contribution is 2.30. The van der Waals surface area contributed by atoms with E-state index in [9.17, 15) is 43.5 Å². The summed E-state index contributed by atoms with van der Waals surface area (Å²) in [5.74, 6) is -5.24. The molecule has 2 heterocycles. The van der Waals surface area contributed by atoms with Gasteiger partial charge >= 0.3 is 5.97 Å². The maximum Gasteiger partial charge on any atom is 0.326 e. The van der Waals surface area contributed by atoms with E-state index in [1.165, 1.54) is 36.2 Å². The number of likely N-dealkylation sites (N-methyl/N-ethyl adjacent to an activating group) is 2. The van der Waals surface area contributed by atoms with Gasteiger partial charge in [0.1, 0.15) is 18.1 Å². The Kier molecular flexibility index (Phi) is 21.9. The van der Waals surface area contributed by atoms with Crippen molar-refractivity contribution in [1.82, 2.24) is 30.2 Å². The summed E-state index contributed by atoms with van der Waals surface area (Å²) in [6, 6.07) is 4.97. The highest BCUT2D eigenvalue weighted by Gasteiger charge is 2.44. The largest absolute Gasteiger partial charge is 0.480 e. The average Bonchev–Trinajstić information content (AvgIpc) is 3.89. The standard InChI is InChI=1S/C49H76N6O11/c1-12-32(6)44(37(65-10)29-41(59)54-27-19-22-36(54)45(66-11)33(7)46(60)50-35(49(63)64)28-34-20-15-13-16-21-34)53(9)48(62)42(30(2)3)51-47(61)43(31(4)5)52(8)38(56)23-17-14-18-26-55-39(57)24-25-40(55)58/h13,15-16,20-21,24-25,30-33,35-37,42-45H,12,14,17-19,22-23,26-29H2,1-11H3,(H,50,60)(H,51,61)(H,63,64)/t32-,33+,35-,36-,37+,42?,43?,44-,45+/m0/s1. The summed E-state index contributed by atoms with van der Waals surface area (Å²) >= 11 is 0. The molecule has 0 bridgehead atoms. The van der Waals surface area contributed by atoms with E-state index >= 15 is 0 Å². The molecular formula is C49H76N6O11. The summed E-state index contributed by atoms with van der Waals surface area (Å²) in [5.41, 5.74) is 0.762. The van der Waals surface area contributed by atoms with Crippen molar-refractivity contribution in [2.24, 2.45) is 23.7 Å². The molecule has 0 aromatic heterocycles. The van der Waals surface area contributed by atoms with Crippen molar-refractivity contribution in [3.8, 4) is 0 Å². The zero-order valence-electron chi connectivity index (χ0n) is 41.0. The van der Waals surface area contributed by atoms with E-state index in [4.69, 9.17) is 9.47 Å². The summed E-state index contributed by atoms with van der Waals surface area (Å²) in [7, 11) is 6.21. The van der Waals surface area contributed by atoms with Crippen LogP contribution in [-0.4, -0.2) is 156 Å². The van der Waals surface area contributed by atoms with Gasteiger partial charge in [0.15, 0.2) is 0 Å². The first kappa shape index (κ1) is 55.2. The number of methoxy groups -OCH3 is 2. The van der Waals surface area contributed by atoms with E-state index in [0.717, 1.165) is 5.56 Å². The molecule has 0 aliphatic carbocycles. The lowest BCUT2D eigenvalue weighted by molar-refractivity contribution is -0.149. The van der Waals surface area contributed by atoms with Crippen molar-refractivity contribution in [3.05, 3.63) is 48.0 Å². The second-order valence-corrected chi connectivity index (χ2v) is 18.6. The van der Waals surface area contributed by atoms with Gasteiger partial charge in [-0.25, -0.2) is 4.79 Å². The predicted molar refractivity (Wildman–Crippen MR) is 248 cm³/mol. The molecule has 17 nitrogen and oxygen atoms in total. The smallest absolute Gasteiger partial charge is 0.326 e. The lowest BCUT2D eigenvalue weighted by atomic mass is 9.89. The van der Waals surface area contributed by atoms with Crippen LogP contribution in [0.25, 0.3) is 0 Å². The van der Waals surface area contributed by atoms with Crippen molar-refractivity contribution in [2.75, 3.05) is 41.4 Å². The van der Waals surface area contributed by atoms with Crippen molar-refractivity contribution in [1.29, 1.82) is 0 Å². The van der Waals surface area contributed by atoms with Gasteiger partial charge in [-0.05, 0) is 49.0 Å². The molecule has 3 N–H and O–H groups in total. The highest BCUT2D eigenvalue weighted by atomic mass is 16.5. The van der Waals surface area contributed by atoms with Crippen LogP contribution in [0.15, 0.2) is 42.5 Å². The molecule has 17 heteroatoms. The number of unbranched alkanes of at least 4 members (excludes halogenated alkanes) is 2. The van der Waals surface area contributed by atoms with Gasteiger partial charge < -0.3 is 39.9 Å². The molecule has 9 atom stereocenters. The molecule has 2 aliphatic heterocycles. The Bertz CT molecular complexity index is 1840. The average molecular weight is 925 g/mol. The fourth-order valence-electron chi connectivity index (χ4n) is 9.26. The zero-order chi connectivity index (χ0) is 49.4. The first-order chi connectivity index (χ1) is 31.2. The van der Waals surface area contributed by atoms with Gasteiger partial charge in [0.25, 0.3) is 11.8 Å². The fraction of sp³-hybridized carbons (Fsp3) is 0.673. The maximum atomic E-state index is 14.6. The van der Waals surface area contributed by atoms with Crippen molar-refractivity contribution in [2.45, 2.75) is 149 Å². The lowest BCUT2D eigenvalue weighted by Gasteiger charge is -2.41. The molecule has 368 valence electrons. The van der Waals surface area contributed by atoms with Crippen LogP contribution in [0.2, 0.25) is 0 Å². The molecular weight excluding hydrogens is 849 g/mol. The van der Waals surface area contributed by atoms with Crippen molar-refractivity contribution in [3.63, 3.8) is 0 Å². The van der Waals surface area contributed by atoms with Gasteiger partial charge in [0, 0.05) is 66.4 Å². The Morgan fingerprint density at radius 2 is 1.47 bits per heavy atom. The minimum Gasteiger partial charge on any atom is -0.480 e. The Morgan fingerprint density at radius 3 is 2.02 bits per heavy atom. The molecule has 0 saturated carbocycles. The number of likely N-dealkylation sites (tertiary alicyclic amines) is 1. The summed E-state index contributed by atoms with van der Waals surface area (Å²) in [4.78, 5) is 112. The Hall–Kier alpha value is -5.16. The lowest BCUT2D eigenvalue weighted by Crippen LogP contribution is -2.60. The fourth-order valence-corrected chi connectivity index (χ4v) is 9.26. The van der Waals surface area contributed by atoms with Gasteiger partial charge in [-0.3, -0.25) is 38.5 Å². The van der Waals surface area contributed by atoms with E-state index in [1.807, 2.05) is 47.6 Å². The number of hydrogen-bond donors (Lipinski definition) is 3. The first-order valence-corrected chi connectivity index (χ1v) is 23.5. The van der Waals surface area contributed by atoms with Crippen LogP contribution in [0.5, 0.6) is 0 Å². The zero-order valence-corrected chi connectivity index (χ0v) is 41.0. The van der Waals surface area contributed by atoms with Crippen LogP contribution in [-0.2, 0) is 54.3 Å². The van der Waals surface area contributed by atoms with Crippen LogP contribution in [0, 0.1) is 23.7 Å². The molecule has 2 aliphatic rings. The minimum atomic E-state index is -1.16. The number of hydrogen-bond acceptors (Lipinski definition) is 10. The monoisotopic (exact) mass is 925 g/mol. The van der Waals surface area contributed by atoms with E-state index in [1.54, 1.807) is 55.1 Å². The number of nitrogens with zero attached hydrogens (tertiary/aromatic N) is 4.